The topological polar surface area (TPSA) is 61.8 Å². The minimum Gasteiger partial charge on any atom is -0.465 e. The van der Waals surface area contributed by atoms with Gasteiger partial charge in [-0.2, -0.15) is 0 Å². The maximum absolute atomic E-state index is 12.7. The minimum atomic E-state index is -0.239. The first-order valence-electron chi connectivity index (χ1n) is 9.16. The molecule has 0 aromatic carbocycles. The van der Waals surface area contributed by atoms with Gasteiger partial charge in [-0.25, -0.2) is 0 Å². The van der Waals surface area contributed by atoms with Gasteiger partial charge in [-0.3, -0.25) is 9.59 Å². The van der Waals surface area contributed by atoms with Crippen LogP contribution in [0, 0.1) is 35.0 Å². The Labute approximate surface area is 144 Å². The van der Waals surface area contributed by atoms with Gasteiger partial charge in [0.1, 0.15) is 6.10 Å². The number of ether oxygens (including phenoxy) is 3. The molecule has 1 aliphatic heterocycles. The molecule has 5 heteroatoms. The van der Waals surface area contributed by atoms with Crippen LogP contribution in [0.4, 0.5) is 0 Å². The minimum absolute atomic E-state index is 0.0635. The molecule has 2 saturated carbocycles. The summed E-state index contributed by atoms with van der Waals surface area (Å²) in [6.07, 6.45) is 2.07. The standard InChI is InChI=1S/C19H30O5/c1-6-10(8-19(2,3)4)17(20)24-16-11-7-12(15(16)22-5)14-13(11)9-23-18(14)21/h10-16H,6-9H2,1-5H3. The van der Waals surface area contributed by atoms with Crippen LogP contribution >= 0.6 is 0 Å². The average Bonchev–Trinajstić information content (AvgIpc) is 3.15. The summed E-state index contributed by atoms with van der Waals surface area (Å²) in [4.78, 5) is 24.7. The highest BCUT2D eigenvalue weighted by Crippen LogP contribution is 2.57. The number of carbonyl (C=O) groups is 2. The summed E-state index contributed by atoms with van der Waals surface area (Å²) in [7, 11) is 1.65. The molecule has 0 N–H and O–H groups in total. The Morgan fingerprint density at radius 3 is 2.54 bits per heavy atom. The van der Waals surface area contributed by atoms with E-state index in [1.165, 1.54) is 0 Å². The van der Waals surface area contributed by atoms with Gasteiger partial charge in [0.2, 0.25) is 0 Å². The van der Waals surface area contributed by atoms with E-state index in [4.69, 9.17) is 14.2 Å². The predicted molar refractivity (Wildman–Crippen MR) is 88.1 cm³/mol. The normalized spacial score (nSPS) is 38.8. The van der Waals surface area contributed by atoms with Crippen molar-refractivity contribution in [3.05, 3.63) is 0 Å². The second-order valence-corrected chi connectivity index (χ2v) is 8.85. The van der Waals surface area contributed by atoms with E-state index in [0.29, 0.717) is 6.61 Å². The predicted octanol–water partition coefficient (Wildman–Crippen LogP) is 2.81. The van der Waals surface area contributed by atoms with Crippen molar-refractivity contribution >= 4 is 11.9 Å². The molecular formula is C19H30O5. The highest BCUT2D eigenvalue weighted by Gasteiger charge is 2.65. The second-order valence-electron chi connectivity index (χ2n) is 8.85. The first kappa shape index (κ1) is 17.7. The van der Waals surface area contributed by atoms with Gasteiger partial charge in [-0.1, -0.05) is 27.7 Å². The molecule has 2 bridgehead atoms. The Balaban J connectivity index is 1.71. The Morgan fingerprint density at radius 1 is 1.25 bits per heavy atom. The summed E-state index contributed by atoms with van der Waals surface area (Å²) in [5.74, 6) is 0.139. The van der Waals surface area contributed by atoms with E-state index in [-0.39, 0.29) is 59.2 Å². The van der Waals surface area contributed by atoms with Gasteiger partial charge in [0.05, 0.1) is 24.5 Å². The third kappa shape index (κ3) is 2.96. The maximum Gasteiger partial charge on any atom is 0.309 e. The van der Waals surface area contributed by atoms with Gasteiger partial charge in [0.25, 0.3) is 0 Å². The van der Waals surface area contributed by atoms with Crippen LogP contribution in [0.25, 0.3) is 0 Å². The maximum atomic E-state index is 12.7. The molecule has 2 aliphatic carbocycles. The molecule has 3 aliphatic rings. The van der Waals surface area contributed by atoms with E-state index in [1.54, 1.807) is 7.11 Å². The number of methoxy groups -OCH3 is 1. The SMILES string of the molecule is CCC(CC(C)(C)C)C(=O)OC1C2CC(C1OC)C1C(=O)OCC21. The van der Waals surface area contributed by atoms with Crippen LogP contribution in [0.3, 0.4) is 0 Å². The molecule has 1 saturated heterocycles. The van der Waals surface area contributed by atoms with Gasteiger partial charge in [0, 0.05) is 24.9 Å². The van der Waals surface area contributed by atoms with E-state index < -0.39 is 0 Å². The molecule has 0 amide bonds. The molecule has 136 valence electrons. The third-order valence-corrected chi connectivity index (χ3v) is 6.08. The first-order chi connectivity index (χ1) is 11.3. The van der Waals surface area contributed by atoms with Crippen molar-refractivity contribution in [2.75, 3.05) is 13.7 Å². The van der Waals surface area contributed by atoms with Crippen LogP contribution < -0.4 is 0 Å². The van der Waals surface area contributed by atoms with E-state index >= 15 is 0 Å². The van der Waals surface area contributed by atoms with Crippen molar-refractivity contribution < 1.29 is 23.8 Å². The van der Waals surface area contributed by atoms with E-state index in [2.05, 4.69) is 20.8 Å². The fourth-order valence-electron chi connectivity index (χ4n) is 5.10. The van der Waals surface area contributed by atoms with Crippen LogP contribution in [0.2, 0.25) is 0 Å². The second kappa shape index (κ2) is 6.32. The number of esters is 2. The molecule has 1 heterocycles. The van der Waals surface area contributed by atoms with Gasteiger partial charge in [0.15, 0.2) is 0 Å². The summed E-state index contributed by atoms with van der Waals surface area (Å²) in [5, 5.41) is 0. The van der Waals surface area contributed by atoms with Gasteiger partial charge in [-0.15, -0.1) is 0 Å². The number of hydrogen-bond donors (Lipinski definition) is 0. The number of fused-ring (bicyclic) bond motifs is 5. The van der Waals surface area contributed by atoms with Crippen molar-refractivity contribution in [1.82, 2.24) is 0 Å². The quantitative estimate of drug-likeness (QED) is 0.721. The largest absolute Gasteiger partial charge is 0.465 e. The Kier molecular flexibility index (Phi) is 4.67. The number of cyclic esters (lactones) is 1. The summed E-state index contributed by atoms with van der Waals surface area (Å²) >= 11 is 0. The van der Waals surface area contributed by atoms with Gasteiger partial charge in [-0.05, 0) is 24.7 Å². The molecule has 7 atom stereocenters. The zero-order valence-corrected chi connectivity index (χ0v) is 15.4. The summed E-state index contributed by atoms with van der Waals surface area (Å²) in [5.41, 5.74) is 0.0891. The summed E-state index contributed by atoms with van der Waals surface area (Å²) < 4.78 is 16.9. The van der Waals surface area contributed by atoms with Crippen LogP contribution in [-0.2, 0) is 23.8 Å². The van der Waals surface area contributed by atoms with Crippen LogP contribution in [-0.4, -0.2) is 37.9 Å². The average molecular weight is 338 g/mol. The Morgan fingerprint density at radius 2 is 1.96 bits per heavy atom. The number of carbonyl (C=O) groups excluding carboxylic acids is 2. The smallest absolute Gasteiger partial charge is 0.309 e. The molecule has 5 nitrogen and oxygen atoms in total. The summed E-state index contributed by atoms with van der Waals surface area (Å²) in [6.45, 7) is 8.93. The zero-order valence-electron chi connectivity index (χ0n) is 15.4. The lowest BCUT2D eigenvalue weighted by Crippen LogP contribution is -2.46. The molecule has 0 spiro atoms. The summed E-state index contributed by atoms with van der Waals surface area (Å²) in [6, 6.07) is 0. The lowest BCUT2D eigenvalue weighted by atomic mass is 9.78. The molecule has 0 aromatic heterocycles. The van der Waals surface area contributed by atoms with Crippen molar-refractivity contribution in [2.45, 2.75) is 59.2 Å². The van der Waals surface area contributed by atoms with Gasteiger partial charge >= 0.3 is 11.9 Å². The number of rotatable bonds is 5. The molecule has 0 radical (unpaired) electrons. The molecule has 24 heavy (non-hydrogen) atoms. The van der Waals surface area contributed by atoms with Crippen LogP contribution in [0.1, 0.15) is 47.0 Å². The number of hydrogen-bond acceptors (Lipinski definition) is 5. The molecule has 3 rings (SSSR count). The molecule has 3 fully saturated rings. The third-order valence-electron chi connectivity index (χ3n) is 6.08. The van der Waals surface area contributed by atoms with Crippen molar-refractivity contribution in [1.29, 1.82) is 0 Å². The Bertz CT molecular complexity index is 508. The van der Waals surface area contributed by atoms with Crippen molar-refractivity contribution in [3.63, 3.8) is 0 Å². The fourth-order valence-corrected chi connectivity index (χ4v) is 5.10. The van der Waals surface area contributed by atoms with Gasteiger partial charge < -0.3 is 14.2 Å². The molecule has 7 unspecified atom stereocenters. The van der Waals surface area contributed by atoms with E-state index in [1.807, 2.05) is 6.92 Å². The highest BCUT2D eigenvalue weighted by molar-refractivity contribution is 5.76. The first-order valence-corrected chi connectivity index (χ1v) is 9.16. The Hall–Kier alpha value is -1.10. The van der Waals surface area contributed by atoms with Crippen LogP contribution in [0.5, 0.6) is 0 Å². The zero-order chi connectivity index (χ0) is 17.6. The molecule has 0 aromatic rings. The van der Waals surface area contributed by atoms with Crippen molar-refractivity contribution in [2.24, 2.45) is 35.0 Å². The van der Waals surface area contributed by atoms with Crippen molar-refractivity contribution in [3.8, 4) is 0 Å². The van der Waals surface area contributed by atoms with E-state index in [0.717, 1.165) is 19.3 Å². The fraction of sp³-hybridized carbons (Fsp3) is 0.895. The van der Waals surface area contributed by atoms with E-state index in [9.17, 15) is 9.59 Å². The molecular weight excluding hydrogens is 308 g/mol. The lowest BCUT2D eigenvalue weighted by molar-refractivity contribution is -0.170. The highest BCUT2D eigenvalue weighted by atomic mass is 16.6. The lowest BCUT2D eigenvalue weighted by Gasteiger charge is -2.35. The monoisotopic (exact) mass is 338 g/mol. The van der Waals surface area contributed by atoms with Crippen LogP contribution in [0.15, 0.2) is 0 Å².